The van der Waals surface area contributed by atoms with E-state index in [0.29, 0.717) is 5.41 Å². The van der Waals surface area contributed by atoms with Crippen LogP contribution < -0.4 is 5.73 Å². The van der Waals surface area contributed by atoms with Crippen LogP contribution in [0.1, 0.15) is 66.2 Å². The predicted octanol–water partition coefficient (Wildman–Crippen LogP) is 4.70. The van der Waals surface area contributed by atoms with Crippen molar-refractivity contribution < 1.29 is 0 Å². The summed E-state index contributed by atoms with van der Waals surface area (Å²) in [6.07, 6.45) is 7.99. The summed E-state index contributed by atoms with van der Waals surface area (Å²) < 4.78 is 0. The van der Waals surface area contributed by atoms with Crippen LogP contribution >= 0.6 is 11.8 Å². The molecule has 0 aromatic carbocycles. The van der Waals surface area contributed by atoms with Gasteiger partial charge in [0.2, 0.25) is 0 Å². The fourth-order valence-electron chi connectivity index (χ4n) is 2.24. The summed E-state index contributed by atoms with van der Waals surface area (Å²) in [4.78, 5) is 0. The van der Waals surface area contributed by atoms with Crippen molar-refractivity contribution in [3.05, 3.63) is 0 Å². The van der Waals surface area contributed by atoms with Gasteiger partial charge in [-0.15, -0.1) is 0 Å². The lowest BCUT2D eigenvalue weighted by Gasteiger charge is -2.23. The molecule has 0 aliphatic heterocycles. The highest BCUT2D eigenvalue weighted by atomic mass is 32.2. The van der Waals surface area contributed by atoms with Crippen molar-refractivity contribution >= 4 is 11.8 Å². The minimum Gasteiger partial charge on any atom is -0.330 e. The molecule has 0 rings (SSSR count). The van der Waals surface area contributed by atoms with Crippen LogP contribution in [0.5, 0.6) is 0 Å². The topological polar surface area (TPSA) is 26.0 Å². The molecule has 1 unspecified atom stereocenters. The number of rotatable bonds is 10. The summed E-state index contributed by atoms with van der Waals surface area (Å²) in [5.41, 5.74) is 5.96. The Kier molecular flexibility index (Phi) is 10.4. The standard InChI is InChI=1S/C15H33NS/c1-14(13-15(2,3)4)9-12-17-11-8-6-5-7-10-16/h14H,5-13,16H2,1-4H3. The van der Waals surface area contributed by atoms with Crippen LogP contribution in [0.4, 0.5) is 0 Å². The van der Waals surface area contributed by atoms with E-state index in [2.05, 4.69) is 39.5 Å². The lowest BCUT2D eigenvalue weighted by molar-refractivity contribution is 0.303. The van der Waals surface area contributed by atoms with Crippen LogP contribution in [-0.2, 0) is 0 Å². The van der Waals surface area contributed by atoms with Crippen LogP contribution in [0.2, 0.25) is 0 Å². The van der Waals surface area contributed by atoms with E-state index < -0.39 is 0 Å². The van der Waals surface area contributed by atoms with Gasteiger partial charge in [0, 0.05) is 0 Å². The lowest BCUT2D eigenvalue weighted by atomic mass is 9.84. The van der Waals surface area contributed by atoms with E-state index in [9.17, 15) is 0 Å². The van der Waals surface area contributed by atoms with Gasteiger partial charge in [-0.05, 0) is 55.1 Å². The maximum absolute atomic E-state index is 5.47. The molecule has 0 fully saturated rings. The van der Waals surface area contributed by atoms with Crippen LogP contribution in [0.3, 0.4) is 0 Å². The largest absolute Gasteiger partial charge is 0.330 e. The lowest BCUT2D eigenvalue weighted by Crippen LogP contribution is -2.11. The zero-order valence-corrected chi connectivity index (χ0v) is 13.2. The van der Waals surface area contributed by atoms with Gasteiger partial charge < -0.3 is 5.73 Å². The van der Waals surface area contributed by atoms with E-state index in [-0.39, 0.29) is 0 Å². The van der Waals surface area contributed by atoms with E-state index in [4.69, 9.17) is 5.73 Å². The monoisotopic (exact) mass is 259 g/mol. The molecule has 0 aliphatic carbocycles. The Morgan fingerprint density at radius 1 is 1.00 bits per heavy atom. The summed E-state index contributed by atoms with van der Waals surface area (Å²) in [6, 6.07) is 0. The molecule has 104 valence electrons. The first-order chi connectivity index (χ1) is 7.95. The highest BCUT2D eigenvalue weighted by molar-refractivity contribution is 7.99. The van der Waals surface area contributed by atoms with E-state index in [0.717, 1.165) is 12.5 Å². The molecule has 0 spiro atoms. The molecule has 0 saturated carbocycles. The quantitative estimate of drug-likeness (QED) is 0.575. The van der Waals surface area contributed by atoms with Crippen molar-refractivity contribution in [3.8, 4) is 0 Å². The Balaban J connectivity index is 3.22. The predicted molar refractivity (Wildman–Crippen MR) is 82.7 cm³/mol. The van der Waals surface area contributed by atoms with E-state index in [1.54, 1.807) is 0 Å². The molecule has 0 aromatic heterocycles. The van der Waals surface area contributed by atoms with Gasteiger partial charge >= 0.3 is 0 Å². The molecular formula is C15H33NS. The first-order valence-electron chi connectivity index (χ1n) is 7.23. The average molecular weight is 260 g/mol. The summed E-state index contributed by atoms with van der Waals surface area (Å²) in [5.74, 6) is 3.56. The second-order valence-corrected chi connectivity index (χ2v) is 7.70. The van der Waals surface area contributed by atoms with Gasteiger partial charge in [-0.2, -0.15) is 11.8 Å². The van der Waals surface area contributed by atoms with Gasteiger partial charge in [-0.3, -0.25) is 0 Å². The van der Waals surface area contributed by atoms with Crippen molar-refractivity contribution in [1.29, 1.82) is 0 Å². The SMILES string of the molecule is CC(CCSCCCCCCN)CC(C)(C)C. The Hall–Kier alpha value is 0.310. The van der Waals surface area contributed by atoms with E-state index >= 15 is 0 Å². The zero-order valence-electron chi connectivity index (χ0n) is 12.4. The van der Waals surface area contributed by atoms with Gasteiger partial charge in [0.1, 0.15) is 0 Å². The maximum atomic E-state index is 5.47. The van der Waals surface area contributed by atoms with Crippen molar-refractivity contribution in [2.24, 2.45) is 17.1 Å². The zero-order chi connectivity index (χ0) is 13.1. The first kappa shape index (κ1) is 17.3. The molecule has 2 N–H and O–H groups in total. The molecular weight excluding hydrogens is 226 g/mol. The van der Waals surface area contributed by atoms with Crippen LogP contribution in [0.25, 0.3) is 0 Å². The normalized spacial score (nSPS) is 13.9. The summed E-state index contributed by atoms with van der Waals surface area (Å²) in [7, 11) is 0. The minimum absolute atomic E-state index is 0.492. The van der Waals surface area contributed by atoms with Gasteiger partial charge in [0.05, 0.1) is 0 Å². The van der Waals surface area contributed by atoms with Gasteiger partial charge in [0.25, 0.3) is 0 Å². The summed E-state index contributed by atoms with van der Waals surface area (Å²) in [6.45, 7) is 10.3. The molecule has 0 amide bonds. The molecule has 0 radical (unpaired) electrons. The second kappa shape index (κ2) is 10.3. The second-order valence-electron chi connectivity index (χ2n) is 6.47. The third kappa shape index (κ3) is 14.2. The highest BCUT2D eigenvalue weighted by Gasteiger charge is 2.14. The number of hydrogen-bond acceptors (Lipinski definition) is 2. The molecule has 1 nitrogen and oxygen atoms in total. The number of hydrogen-bond donors (Lipinski definition) is 1. The van der Waals surface area contributed by atoms with Gasteiger partial charge in [0.15, 0.2) is 0 Å². The van der Waals surface area contributed by atoms with Crippen molar-refractivity contribution in [3.63, 3.8) is 0 Å². The number of nitrogens with two attached hydrogens (primary N) is 1. The molecule has 0 heterocycles. The van der Waals surface area contributed by atoms with Crippen LogP contribution in [0, 0.1) is 11.3 Å². The van der Waals surface area contributed by atoms with Crippen molar-refractivity contribution in [2.45, 2.75) is 66.2 Å². The minimum atomic E-state index is 0.492. The van der Waals surface area contributed by atoms with Crippen molar-refractivity contribution in [1.82, 2.24) is 0 Å². The third-order valence-corrected chi connectivity index (χ3v) is 4.06. The fraction of sp³-hybridized carbons (Fsp3) is 1.00. The number of unbranched alkanes of at least 4 members (excludes halogenated alkanes) is 3. The molecule has 0 bridgehead atoms. The molecule has 0 aromatic rings. The summed E-state index contributed by atoms with van der Waals surface area (Å²) in [5, 5.41) is 0. The first-order valence-corrected chi connectivity index (χ1v) is 8.39. The Morgan fingerprint density at radius 3 is 2.24 bits per heavy atom. The Bertz CT molecular complexity index is 163. The molecule has 2 heteroatoms. The Labute approximate surface area is 113 Å². The van der Waals surface area contributed by atoms with E-state index in [1.807, 2.05) is 0 Å². The fourth-order valence-corrected chi connectivity index (χ4v) is 3.42. The van der Waals surface area contributed by atoms with Crippen LogP contribution in [-0.4, -0.2) is 18.1 Å². The van der Waals surface area contributed by atoms with E-state index in [1.165, 1.54) is 50.0 Å². The summed E-state index contributed by atoms with van der Waals surface area (Å²) >= 11 is 2.13. The van der Waals surface area contributed by atoms with Gasteiger partial charge in [-0.25, -0.2) is 0 Å². The smallest absolute Gasteiger partial charge is 0.00650 e. The molecule has 1 atom stereocenters. The molecule has 17 heavy (non-hydrogen) atoms. The molecule has 0 saturated heterocycles. The molecule has 0 aliphatic rings. The average Bonchev–Trinajstić information content (AvgIpc) is 2.19. The Morgan fingerprint density at radius 2 is 1.65 bits per heavy atom. The third-order valence-electron chi connectivity index (χ3n) is 2.96. The highest BCUT2D eigenvalue weighted by Crippen LogP contribution is 2.26. The maximum Gasteiger partial charge on any atom is -0.00650 e. The van der Waals surface area contributed by atoms with Crippen LogP contribution in [0.15, 0.2) is 0 Å². The van der Waals surface area contributed by atoms with Gasteiger partial charge in [-0.1, -0.05) is 40.5 Å². The van der Waals surface area contributed by atoms with Crippen molar-refractivity contribution in [2.75, 3.05) is 18.1 Å². The number of thioether (sulfide) groups is 1.